The number of pyridine rings is 1. The van der Waals surface area contributed by atoms with Gasteiger partial charge in [-0.2, -0.15) is 0 Å². The minimum absolute atomic E-state index is 0.139. The maximum absolute atomic E-state index is 9.69. The molecule has 4 nitrogen and oxygen atoms in total. The molecule has 0 amide bonds. The quantitative estimate of drug-likeness (QED) is 0.724. The fourth-order valence-corrected chi connectivity index (χ4v) is 2.16. The lowest BCUT2D eigenvalue weighted by molar-refractivity contribution is 0.138. The zero-order valence-corrected chi connectivity index (χ0v) is 9.61. The number of aliphatic hydroxyl groups is 1. The molecule has 2 rings (SSSR count). The average Bonchev–Trinajstić information content (AvgIpc) is 2.72. The van der Waals surface area contributed by atoms with Gasteiger partial charge >= 0.3 is 0 Å². The van der Waals surface area contributed by atoms with E-state index in [9.17, 15) is 5.11 Å². The zero-order valence-electron chi connectivity index (χ0n) is 9.61. The first kappa shape index (κ1) is 11.2. The number of aromatic nitrogens is 1. The van der Waals surface area contributed by atoms with Crippen molar-refractivity contribution in [3.8, 4) is 0 Å². The molecule has 0 aliphatic heterocycles. The van der Waals surface area contributed by atoms with Gasteiger partial charge in [-0.25, -0.2) is 4.98 Å². The second-order valence-electron chi connectivity index (χ2n) is 4.30. The van der Waals surface area contributed by atoms with Crippen LogP contribution in [0.3, 0.4) is 0 Å². The van der Waals surface area contributed by atoms with Gasteiger partial charge in [-0.05, 0) is 25.0 Å². The molecule has 2 atom stereocenters. The monoisotopic (exact) mass is 221 g/mol. The highest BCUT2D eigenvalue weighted by atomic mass is 16.3. The van der Waals surface area contributed by atoms with Gasteiger partial charge < -0.3 is 15.7 Å². The Labute approximate surface area is 96.1 Å². The number of aliphatic hydroxyl groups excluding tert-OH is 1. The van der Waals surface area contributed by atoms with Crippen LogP contribution in [0.5, 0.6) is 0 Å². The predicted molar refractivity (Wildman–Crippen MR) is 65.6 cm³/mol. The van der Waals surface area contributed by atoms with Crippen LogP contribution in [0.1, 0.15) is 19.3 Å². The number of anilines is 2. The third-order valence-electron chi connectivity index (χ3n) is 3.17. The molecule has 0 bridgehead atoms. The fraction of sp³-hybridized carbons (Fsp3) is 0.583. The van der Waals surface area contributed by atoms with E-state index in [-0.39, 0.29) is 6.10 Å². The summed E-state index contributed by atoms with van der Waals surface area (Å²) in [4.78, 5) is 4.37. The van der Waals surface area contributed by atoms with E-state index < -0.39 is 0 Å². The SMILES string of the molecule is CNc1cccc(NCC2CCCC2O)n1. The van der Waals surface area contributed by atoms with Crippen molar-refractivity contribution < 1.29 is 5.11 Å². The molecule has 1 fully saturated rings. The van der Waals surface area contributed by atoms with E-state index >= 15 is 0 Å². The van der Waals surface area contributed by atoms with Crippen LogP contribution >= 0.6 is 0 Å². The van der Waals surface area contributed by atoms with Crippen molar-refractivity contribution in [3.05, 3.63) is 18.2 Å². The summed E-state index contributed by atoms with van der Waals surface area (Å²) in [5, 5.41) is 16.0. The lowest BCUT2D eigenvalue weighted by Crippen LogP contribution is -2.22. The van der Waals surface area contributed by atoms with Crippen LogP contribution in [-0.4, -0.2) is 29.8 Å². The maximum atomic E-state index is 9.69. The van der Waals surface area contributed by atoms with Gasteiger partial charge in [-0.1, -0.05) is 12.5 Å². The maximum Gasteiger partial charge on any atom is 0.128 e. The van der Waals surface area contributed by atoms with Crippen molar-refractivity contribution in [2.45, 2.75) is 25.4 Å². The predicted octanol–water partition coefficient (Wildman–Crippen LogP) is 1.70. The zero-order chi connectivity index (χ0) is 11.4. The van der Waals surface area contributed by atoms with Gasteiger partial charge in [0, 0.05) is 19.5 Å². The second-order valence-corrected chi connectivity index (χ2v) is 4.30. The van der Waals surface area contributed by atoms with Gasteiger partial charge in [0.25, 0.3) is 0 Å². The average molecular weight is 221 g/mol. The number of nitrogens with zero attached hydrogens (tertiary/aromatic N) is 1. The Morgan fingerprint density at radius 1 is 1.38 bits per heavy atom. The van der Waals surface area contributed by atoms with Gasteiger partial charge in [-0.3, -0.25) is 0 Å². The van der Waals surface area contributed by atoms with Crippen molar-refractivity contribution in [3.63, 3.8) is 0 Å². The van der Waals surface area contributed by atoms with Gasteiger partial charge in [0.1, 0.15) is 11.6 Å². The van der Waals surface area contributed by atoms with Crippen molar-refractivity contribution in [2.75, 3.05) is 24.2 Å². The minimum Gasteiger partial charge on any atom is -0.393 e. The first-order valence-corrected chi connectivity index (χ1v) is 5.86. The van der Waals surface area contributed by atoms with E-state index in [1.165, 1.54) is 0 Å². The first-order chi connectivity index (χ1) is 7.79. The summed E-state index contributed by atoms with van der Waals surface area (Å²) in [5.74, 6) is 2.10. The number of rotatable bonds is 4. The number of hydrogen-bond acceptors (Lipinski definition) is 4. The standard InChI is InChI=1S/C12H19N3O/c1-13-11-6-3-7-12(15-11)14-8-9-4-2-5-10(9)16/h3,6-7,9-10,16H,2,4-5,8H2,1H3,(H2,13,14,15). The molecule has 2 unspecified atom stereocenters. The Morgan fingerprint density at radius 3 is 2.88 bits per heavy atom. The lowest BCUT2D eigenvalue weighted by atomic mass is 10.1. The Morgan fingerprint density at radius 2 is 2.19 bits per heavy atom. The summed E-state index contributed by atoms with van der Waals surface area (Å²) in [6, 6.07) is 5.84. The molecule has 1 aromatic rings. The van der Waals surface area contributed by atoms with Crippen LogP contribution in [0.25, 0.3) is 0 Å². The van der Waals surface area contributed by atoms with Crippen molar-refractivity contribution in [2.24, 2.45) is 5.92 Å². The van der Waals surface area contributed by atoms with Gasteiger partial charge in [0.15, 0.2) is 0 Å². The normalized spacial score (nSPS) is 24.4. The third-order valence-corrected chi connectivity index (χ3v) is 3.17. The van der Waals surface area contributed by atoms with Gasteiger partial charge in [0.05, 0.1) is 6.10 Å². The van der Waals surface area contributed by atoms with E-state index in [4.69, 9.17) is 0 Å². The van der Waals surface area contributed by atoms with Gasteiger partial charge in [-0.15, -0.1) is 0 Å². The van der Waals surface area contributed by atoms with Crippen LogP contribution in [0.4, 0.5) is 11.6 Å². The third kappa shape index (κ3) is 2.64. The number of hydrogen-bond donors (Lipinski definition) is 3. The minimum atomic E-state index is -0.139. The van der Waals surface area contributed by atoms with Crippen molar-refractivity contribution >= 4 is 11.6 Å². The summed E-state index contributed by atoms with van der Waals surface area (Å²) in [6.07, 6.45) is 3.05. The fourth-order valence-electron chi connectivity index (χ4n) is 2.16. The van der Waals surface area contributed by atoms with Crippen LogP contribution in [0.2, 0.25) is 0 Å². The van der Waals surface area contributed by atoms with Crippen molar-refractivity contribution in [1.29, 1.82) is 0 Å². The summed E-state index contributed by atoms with van der Waals surface area (Å²) in [5.41, 5.74) is 0. The molecule has 1 aromatic heterocycles. The topological polar surface area (TPSA) is 57.2 Å². The van der Waals surface area contributed by atoms with Crippen LogP contribution < -0.4 is 10.6 Å². The molecule has 1 heterocycles. The van der Waals surface area contributed by atoms with Crippen molar-refractivity contribution in [1.82, 2.24) is 4.98 Å². The highest BCUT2D eigenvalue weighted by Gasteiger charge is 2.24. The molecule has 0 radical (unpaired) electrons. The summed E-state index contributed by atoms with van der Waals surface area (Å²) in [6.45, 7) is 0.807. The Balaban J connectivity index is 1.88. The molecule has 88 valence electrons. The van der Waals surface area contributed by atoms with E-state index in [1.54, 1.807) is 0 Å². The Bertz CT molecular complexity index is 343. The molecule has 1 aliphatic carbocycles. The second kappa shape index (κ2) is 5.16. The molecule has 0 saturated heterocycles. The van der Waals surface area contributed by atoms with Crippen LogP contribution in [0, 0.1) is 5.92 Å². The lowest BCUT2D eigenvalue weighted by Gasteiger charge is -2.15. The van der Waals surface area contributed by atoms with Crippen LogP contribution in [0.15, 0.2) is 18.2 Å². The highest BCUT2D eigenvalue weighted by Crippen LogP contribution is 2.25. The molecular weight excluding hydrogens is 202 g/mol. The van der Waals surface area contributed by atoms with Gasteiger partial charge in [0.2, 0.25) is 0 Å². The molecule has 1 aliphatic rings. The molecular formula is C12H19N3O. The summed E-state index contributed by atoms with van der Waals surface area (Å²) in [7, 11) is 1.85. The molecule has 1 saturated carbocycles. The Kier molecular flexibility index (Phi) is 3.62. The number of nitrogens with one attached hydrogen (secondary N) is 2. The van der Waals surface area contributed by atoms with E-state index in [1.807, 2.05) is 25.2 Å². The first-order valence-electron chi connectivity index (χ1n) is 5.86. The molecule has 0 spiro atoms. The molecule has 0 aromatic carbocycles. The Hall–Kier alpha value is -1.29. The smallest absolute Gasteiger partial charge is 0.128 e. The molecule has 4 heteroatoms. The largest absolute Gasteiger partial charge is 0.393 e. The van der Waals surface area contributed by atoms with E-state index in [2.05, 4.69) is 15.6 Å². The molecule has 16 heavy (non-hydrogen) atoms. The van der Waals surface area contributed by atoms with E-state index in [0.29, 0.717) is 5.92 Å². The molecule has 3 N–H and O–H groups in total. The van der Waals surface area contributed by atoms with Crippen LogP contribution in [-0.2, 0) is 0 Å². The highest BCUT2D eigenvalue weighted by molar-refractivity contribution is 5.44. The summed E-state index contributed by atoms with van der Waals surface area (Å²) < 4.78 is 0. The van der Waals surface area contributed by atoms with E-state index in [0.717, 1.165) is 37.4 Å². The summed E-state index contributed by atoms with van der Waals surface area (Å²) >= 11 is 0.